The second-order valence-electron chi connectivity index (χ2n) is 7.09. The van der Waals surface area contributed by atoms with Crippen molar-refractivity contribution in [1.82, 2.24) is 0 Å². The van der Waals surface area contributed by atoms with Crippen LogP contribution in [0.4, 0.5) is 16.2 Å². The smallest absolute Gasteiger partial charge is 0.412 e. The van der Waals surface area contributed by atoms with Gasteiger partial charge in [-0.1, -0.05) is 25.3 Å². The van der Waals surface area contributed by atoms with Crippen LogP contribution in [0.1, 0.15) is 52.9 Å². The summed E-state index contributed by atoms with van der Waals surface area (Å²) in [5.41, 5.74) is 1.31. The summed E-state index contributed by atoms with van der Waals surface area (Å²) < 4.78 is 5.27. The van der Waals surface area contributed by atoms with Crippen molar-refractivity contribution in [3.8, 4) is 0 Å². The maximum atomic E-state index is 11.8. The molecule has 0 atom stereocenters. The lowest BCUT2D eigenvalue weighted by atomic mass is 9.89. The lowest BCUT2D eigenvalue weighted by Gasteiger charge is -2.22. The summed E-state index contributed by atoms with van der Waals surface area (Å²) in [6, 6.07) is 7.79. The zero-order valence-electron chi connectivity index (χ0n) is 13.9. The Hall–Kier alpha value is -1.71. The number of benzene rings is 1. The Morgan fingerprint density at radius 2 is 1.86 bits per heavy atom. The molecule has 22 heavy (non-hydrogen) atoms. The number of hydrogen-bond donors (Lipinski definition) is 2. The van der Waals surface area contributed by atoms with Crippen LogP contribution < -0.4 is 10.6 Å². The number of nitrogens with one attached hydrogen (secondary N) is 2. The molecule has 0 aromatic heterocycles. The van der Waals surface area contributed by atoms with E-state index in [-0.39, 0.29) is 0 Å². The molecule has 0 radical (unpaired) electrons. The molecular formula is C18H28N2O2. The molecule has 1 aromatic rings. The van der Waals surface area contributed by atoms with Gasteiger partial charge < -0.3 is 10.1 Å². The third kappa shape index (κ3) is 5.96. The van der Waals surface area contributed by atoms with E-state index in [0.29, 0.717) is 0 Å². The van der Waals surface area contributed by atoms with Crippen LogP contribution in [0.5, 0.6) is 0 Å². The summed E-state index contributed by atoms with van der Waals surface area (Å²) >= 11 is 0. The van der Waals surface area contributed by atoms with Gasteiger partial charge >= 0.3 is 6.09 Å². The summed E-state index contributed by atoms with van der Waals surface area (Å²) in [5, 5.41) is 6.26. The lowest BCUT2D eigenvalue weighted by Crippen LogP contribution is -2.27. The Bertz CT molecular complexity index is 488. The average molecular weight is 304 g/mol. The first kappa shape index (κ1) is 16.7. The molecule has 0 spiro atoms. The molecule has 1 aromatic carbocycles. The number of hydrogen-bond acceptors (Lipinski definition) is 3. The Labute approximate surface area is 133 Å². The molecule has 1 aliphatic rings. The molecule has 0 bridgehead atoms. The van der Waals surface area contributed by atoms with Crippen LogP contribution in [0.2, 0.25) is 0 Å². The fraction of sp³-hybridized carbons (Fsp3) is 0.611. The molecule has 1 aliphatic carbocycles. The van der Waals surface area contributed by atoms with E-state index < -0.39 is 11.7 Å². The van der Waals surface area contributed by atoms with Gasteiger partial charge in [0.1, 0.15) is 5.60 Å². The standard InChI is InChI=1S/C18H28N2O2/c1-18(2,3)22-17(21)20-16-11-7-10-15(12-16)19-13-14-8-5-4-6-9-14/h7,10-12,14,19H,4-6,8-9,13H2,1-3H3,(H,20,21). The zero-order valence-corrected chi connectivity index (χ0v) is 13.9. The molecule has 4 nitrogen and oxygen atoms in total. The summed E-state index contributed by atoms with van der Waals surface area (Å²) in [6.45, 7) is 6.58. The minimum Gasteiger partial charge on any atom is -0.444 e. The first-order valence-electron chi connectivity index (χ1n) is 8.26. The maximum absolute atomic E-state index is 11.8. The van der Waals surface area contributed by atoms with Crippen LogP contribution >= 0.6 is 0 Å². The highest BCUT2D eigenvalue weighted by molar-refractivity contribution is 5.85. The van der Waals surface area contributed by atoms with Gasteiger partial charge in [-0.25, -0.2) is 4.79 Å². The van der Waals surface area contributed by atoms with Crippen LogP contribution in [0.25, 0.3) is 0 Å². The van der Waals surface area contributed by atoms with Crippen molar-refractivity contribution in [1.29, 1.82) is 0 Å². The minimum absolute atomic E-state index is 0.420. The third-order valence-electron chi connectivity index (χ3n) is 3.83. The highest BCUT2D eigenvalue weighted by Crippen LogP contribution is 2.24. The fourth-order valence-corrected chi connectivity index (χ4v) is 2.78. The number of ether oxygens (including phenoxy) is 1. The maximum Gasteiger partial charge on any atom is 0.412 e. The van der Waals surface area contributed by atoms with Crippen molar-refractivity contribution < 1.29 is 9.53 Å². The van der Waals surface area contributed by atoms with Gasteiger partial charge in [0.05, 0.1) is 0 Å². The van der Waals surface area contributed by atoms with E-state index >= 15 is 0 Å². The average Bonchev–Trinajstić information content (AvgIpc) is 2.44. The fourth-order valence-electron chi connectivity index (χ4n) is 2.78. The number of carbonyl (C=O) groups excluding carboxylic acids is 1. The van der Waals surface area contributed by atoms with Crippen molar-refractivity contribution in [2.75, 3.05) is 17.2 Å². The Morgan fingerprint density at radius 3 is 2.55 bits per heavy atom. The highest BCUT2D eigenvalue weighted by atomic mass is 16.6. The van der Waals surface area contributed by atoms with Gasteiger partial charge in [0.25, 0.3) is 0 Å². The second kappa shape index (κ2) is 7.52. The summed E-state index contributed by atoms with van der Waals surface area (Å²) in [7, 11) is 0. The van der Waals surface area contributed by atoms with Gasteiger partial charge in [-0.15, -0.1) is 0 Å². The molecular weight excluding hydrogens is 276 g/mol. The first-order valence-corrected chi connectivity index (χ1v) is 8.26. The molecule has 1 saturated carbocycles. The lowest BCUT2D eigenvalue weighted by molar-refractivity contribution is 0.0636. The van der Waals surface area contributed by atoms with Crippen LogP contribution in [-0.2, 0) is 4.74 Å². The normalized spacial score (nSPS) is 16.1. The van der Waals surface area contributed by atoms with Crippen LogP contribution in [0.15, 0.2) is 24.3 Å². The SMILES string of the molecule is CC(C)(C)OC(=O)Nc1cccc(NCC2CCCCC2)c1. The van der Waals surface area contributed by atoms with Gasteiger partial charge in [-0.05, 0) is 57.7 Å². The molecule has 122 valence electrons. The summed E-state index contributed by atoms with van der Waals surface area (Å²) in [5.74, 6) is 0.774. The van der Waals surface area contributed by atoms with E-state index in [1.807, 2.05) is 45.0 Å². The predicted octanol–water partition coefficient (Wildman–Crippen LogP) is 5.03. The molecule has 2 rings (SSSR count). The molecule has 0 aliphatic heterocycles. The summed E-state index contributed by atoms with van der Waals surface area (Å²) in [6.07, 6.45) is 6.31. The number of carbonyl (C=O) groups is 1. The highest BCUT2D eigenvalue weighted by Gasteiger charge is 2.16. The van der Waals surface area contributed by atoms with Gasteiger partial charge in [0.15, 0.2) is 0 Å². The predicted molar refractivity (Wildman–Crippen MR) is 91.4 cm³/mol. The van der Waals surface area contributed by atoms with Crippen LogP contribution in [0.3, 0.4) is 0 Å². The van der Waals surface area contributed by atoms with Gasteiger partial charge in [0.2, 0.25) is 0 Å². The second-order valence-corrected chi connectivity index (χ2v) is 7.09. The van der Waals surface area contributed by atoms with E-state index in [4.69, 9.17) is 4.74 Å². The summed E-state index contributed by atoms with van der Waals surface area (Å²) in [4.78, 5) is 11.8. The first-order chi connectivity index (χ1) is 10.4. The topological polar surface area (TPSA) is 50.4 Å². The van der Waals surface area contributed by atoms with Crippen LogP contribution in [0, 0.1) is 5.92 Å². The van der Waals surface area contributed by atoms with E-state index in [1.165, 1.54) is 32.1 Å². The van der Waals surface area contributed by atoms with E-state index in [2.05, 4.69) is 10.6 Å². The number of amides is 1. The van der Waals surface area contributed by atoms with Crippen molar-refractivity contribution >= 4 is 17.5 Å². The number of rotatable bonds is 4. The van der Waals surface area contributed by atoms with Crippen molar-refractivity contribution in [2.24, 2.45) is 5.92 Å². The molecule has 2 N–H and O–H groups in total. The molecule has 1 amide bonds. The van der Waals surface area contributed by atoms with E-state index in [1.54, 1.807) is 0 Å². The molecule has 4 heteroatoms. The molecule has 1 fully saturated rings. The van der Waals surface area contributed by atoms with Crippen molar-refractivity contribution in [2.45, 2.75) is 58.5 Å². The largest absolute Gasteiger partial charge is 0.444 e. The number of anilines is 2. The molecule has 0 saturated heterocycles. The van der Waals surface area contributed by atoms with Crippen molar-refractivity contribution in [3.63, 3.8) is 0 Å². The molecule has 0 heterocycles. The Kier molecular flexibility index (Phi) is 5.69. The van der Waals surface area contributed by atoms with Gasteiger partial charge in [-0.2, -0.15) is 0 Å². The molecule has 0 unspecified atom stereocenters. The Morgan fingerprint density at radius 1 is 1.18 bits per heavy atom. The van der Waals surface area contributed by atoms with E-state index in [9.17, 15) is 4.79 Å². The monoisotopic (exact) mass is 304 g/mol. The van der Waals surface area contributed by atoms with E-state index in [0.717, 1.165) is 23.8 Å². The van der Waals surface area contributed by atoms with Gasteiger partial charge in [0, 0.05) is 17.9 Å². The Balaban J connectivity index is 1.85. The van der Waals surface area contributed by atoms with Crippen LogP contribution in [-0.4, -0.2) is 18.2 Å². The van der Waals surface area contributed by atoms with Gasteiger partial charge in [-0.3, -0.25) is 5.32 Å². The van der Waals surface area contributed by atoms with Crippen molar-refractivity contribution in [3.05, 3.63) is 24.3 Å². The third-order valence-corrected chi connectivity index (χ3v) is 3.83. The minimum atomic E-state index is -0.485. The quantitative estimate of drug-likeness (QED) is 0.820. The zero-order chi connectivity index (χ0) is 16.0.